The highest BCUT2D eigenvalue weighted by Gasteiger charge is 2.91. The molecule has 0 aliphatic carbocycles. The van der Waals surface area contributed by atoms with E-state index in [-0.39, 0.29) is 0 Å². The van der Waals surface area contributed by atoms with E-state index < -0.39 is 44.4 Å². The van der Waals surface area contributed by atoms with Crippen molar-refractivity contribution < 1.29 is 65.7 Å². The molecule has 3 nitrogen and oxygen atoms in total. The van der Waals surface area contributed by atoms with E-state index in [4.69, 9.17) is 4.55 Å². The minimum atomic E-state index is -8.06. The second kappa shape index (κ2) is 5.18. The number of rotatable bonds is 5. The number of halogens is 13. The summed E-state index contributed by atoms with van der Waals surface area (Å²) in [5.74, 6) is -31.5. The van der Waals surface area contributed by atoms with Crippen molar-refractivity contribution in [1.29, 1.82) is 0 Å². The van der Waals surface area contributed by atoms with Crippen LogP contribution in [-0.4, -0.2) is 47.3 Å². The molecule has 0 radical (unpaired) electrons. The zero-order chi connectivity index (χ0) is 19.5. The predicted octanol–water partition coefficient (Wildman–Crippen LogP) is 3.84. The molecule has 0 bridgehead atoms. The summed E-state index contributed by atoms with van der Waals surface area (Å²) < 4.78 is 171. The van der Waals surface area contributed by atoms with Crippen molar-refractivity contribution in [2.75, 3.05) is 0 Å². The molecule has 0 saturated heterocycles. The number of hydrogen-bond donors (Lipinski definition) is 1. The van der Waals surface area contributed by atoms with Crippen molar-refractivity contribution in [2.24, 2.45) is 0 Å². The summed E-state index contributed by atoms with van der Waals surface area (Å²) in [5.41, 5.74) is 0. The van der Waals surface area contributed by atoms with Crippen LogP contribution >= 0.6 is 11.6 Å². The van der Waals surface area contributed by atoms with E-state index in [1.54, 1.807) is 0 Å². The molecule has 0 saturated carbocycles. The van der Waals surface area contributed by atoms with Gasteiger partial charge >= 0.3 is 44.4 Å². The highest BCUT2D eigenvalue weighted by molar-refractivity contribution is 7.88. The van der Waals surface area contributed by atoms with E-state index in [2.05, 4.69) is 11.6 Å². The fourth-order valence-electron chi connectivity index (χ4n) is 0.917. The molecule has 0 spiro atoms. The lowest BCUT2D eigenvalue weighted by Crippen LogP contribution is -2.70. The normalized spacial score (nSPS) is 18.7. The first kappa shape index (κ1) is 22.4. The Kier molecular flexibility index (Phi) is 5.03. The molecular weight excluding hydrogens is 416 g/mol. The van der Waals surface area contributed by atoms with E-state index in [1.807, 2.05) is 0 Å². The van der Waals surface area contributed by atoms with Crippen molar-refractivity contribution in [3.63, 3.8) is 0 Å². The summed E-state index contributed by atoms with van der Waals surface area (Å²) in [6.07, 6.45) is -7.51. The first-order valence-corrected chi connectivity index (χ1v) is 6.24. The third-order valence-corrected chi connectivity index (χ3v) is 3.96. The van der Waals surface area contributed by atoms with Gasteiger partial charge in [0.25, 0.3) is 0 Å². The second-order valence-electron chi connectivity index (χ2n) is 3.79. The molecule has 0 aromatic heterocycles. The Labute approximate surface area is 122 Å². The molecule has 0 aromatic rings. The summed E-state index contributed by atoms with van der Waals surface area (Å²) >= 11 is 3.66. The molecule has 0 heterocycles. The Morgan fingerprint density at radius 3 is 1.09 bits per heavy atom. The smallest absolute Gasteiger partial charge is 0.282 e. The van der Waals surface area contributed by atoms with Gasteiger partial charge in [-0.25, -0.2) is 0 Å². The summed E-state index contributed by atoms with van der Waals surface area (Å²) in [4.78, 5) is 0. The lowest BCUT2D eigenvalue weighted by molar-refractivity contribution is -0.425. The minimum absolute atomic E-state index is 3.66. The maximum atomic E-state index is 12.9. The second-order valence-corrected chi connectivity index (χ2v) is 6.04. The Balaban J connectivity index is 6.48. The van der Waals surface area contributed by atoms with Crippen LogP contribution in [0.4, 0.5) is 52.7 Å². The lowest BCUT2D eigenvalue weighted by Gasteiger charge is -2.39. The monoisotopic (exact) mass is 416 g/mol. The van der Waals surface area contributed by atoms with Crippen molar-refractivity contribution in [1.82, 2.24) is 0 Å². The molecule has 1 unspecified atom stereocenters. The van der Waals surface area contributed by atoms with Crippen LogP contribution in [0.25, 0.3) is 0 Å². The molecule has 1 N–H and O–H groups in total. The van der Waals surface area contributed by atoms with Crippen LogP contribution in [-0.2, 0) is 10.1 Å². The molecule has 0 amide bonds. The van der Waals surface area contributed by atoms with Gasteiger partial charge in [-0.2, -0.15) is 61.1 Å². The Hall–Kier alpha value is -0.640. The third-order valence-electron chi connectivity index (χ3n) is 2.23. The van der Waals surface area contributed by atoms with Crippen LogP contribution < -0.4 is 0 Å². The molecule has 0 fully saturated rings. The minimum Gasteiger partial charge on any atom is -0.282 e. The molecule has 17 heteroatoms. The van der Waals surface area contributed by atoms with E-state index >= 15 is 0 Å². The SMILES string of the molecule is O=S(=O)(O)C(F)(Cl)C(F)(F)C(F)(F)C(F)(F)C(F)(F)C(F)(F)F. The van der Waals surface area contributed by atoms with Crippen LogP contribution in [0.1, 0.15) is 0 Å². The highest BCUT2D eigenvalue weighted by atomic mass is 35.5. The van der Waals surface area contributed by atoms with Crippen molar-refractivity contribution in [3.05, 3.63) is 0 Å². The lowest BCUT2D eigenvalue weighted by atomic mass is 9.98. The van der Waals surface area contributed by atoms with Crippen LogP contribution in [0.5, 0.6) is 0 Å². The van der Waals surface area contributed by atoms with Crippen molar-refractivity contribution >= 4 is 21.7 Å². The van der Waals surface area contributed by atoms with Gasteiger partial charge < -0.3 is 0 Å². The number of alkyl halides is 13. The maximum absolute atomic E-state index is 12.9. The summed E-state index contributed by atoms with van der Waals surface area (Å²) in [5, 5.41) is 0. The van der Waals surface area contributed by atoms with Gasteiger partial charge in [0.1, 0.15) is 0 Å². The molecular formula is C6HClF12O3S. The zero-order valence-electron chi connectivity index (χ0n) is 9.59. The Bertz CT molecular complexity index is 564. The zero-order valence-corrected chi connectivity index (χ0v) is 11.2. The first-order valence-electron chi connectivity index (χ1n) is 4.43. The molecule has 0 aromatic carbocycles. The average Bonchev–Trinajstić information content (AvgIpc) is 2.24. The fourth-order valence-corrected chi connectivity index (χ4v) is 1.49. The molecule has 1 atom stereocenters. The van der Waals surface area contributed by atoms with Crippen LogP contribution in [0, 0.1) is 0 Å². The summed E-state index contributed by atoms with van der Waals surface area (Å²) in [6.45, 7) is 0. The fraction of sp³-hybridized carbons (Fsp3) is 1.00. The predicted molar refractivity (Wildman–Crippen MR) is 47.1 cm³/mol. The van der Waals surface area contributed by atoms with Crippen molar-refractivity contribution in [3.8, 4) is 0 Å². The third kappa shape index (κ3) is 2.81. The quantitative estimate of drug-likeness (QED) is 0.421. The van der Waals surface area contributed by atoms with Gasteiger partial charge in [0.15, 0.2) is 0 Å². The van der Waals surface area contributed by atoms with E-state index in [0.717, 1.165) is 0 Å². The van der Waals surface area contributed by atoms with Crippen molar-refractivity contribution in [2.45, 2.75) is 34.3 Å². The topological polar surface area (TPSA) is 54.4 Å². The van der Waals surface area contributed by atoms with Gasteiger partial charge in [0.05, 0.1) is 0 Å². The number of hydrogen-bond acceptors (Lipinski definition) is 2. The Morgan fingerprint density at radius 1 is 0.609 bits per heavy atom. The van der Waals surface area contributed by atoms with Gasteiger partial charge in [0, 0.05) is 0 Å². The summed E-state index contributed by atoms with van der Waals surface area (Å²) in [7, 11) is -7.18. The van der Waals surface area contributed by atoms with Crippen LogP contribution in [0.3, 0.4) is 0 Å². The van der Waals surface area contributed by atoms with E-state index in [1.165, 1.54) is 0 Å². The molecule has 0 aliphatic rings. The Morgan fingerprint density at radius 2 is 0.870 bits per heavy atom. The van der Waals surface area contributed by atoms with Gasteiger partial charge in [-0.3, -0.25) is 4.55 Å². The largest absolute Gasteiger partial charge is 0.460 e. The van der Waals surface area contributed by atoms with Gasteiger partial charge in [-0.05, 0) is 0 Å². The summed E-state index contributed by atoms with van der Waals surface area (Å²) in [6, 6.07) is 0. The van der Waals surface area contributed by atoms with Crippen LogP contribution in [0.2, 0.25) is 0 Å². The molecule has 23 heavy (non-hydrogen) atoms. The molecule has 140 valence electrons. The molecule has 0 aliphatic heterocycles. The van der Waals surface area contributed by atoms with E-state index in [0.29, 0.717) is 0 Å². The molecule has 0 rings (SSSR count). The maximum Gasteiger partial charge on any atom is 0.460 e. The van der Waals surface area contributed by atoms with Gasteiger partial charge in [-0.15, -0.1) is 0 Å². The highest BCUT2D eigenvalue weighted by Crippen LogP contribution is 2.61. The average molecular weight is 417 g/mol. The van der Waals surface area contributed by atoms with Gasteiger partial charge in [0.2, 0.25) is 0 Å². The first-order chi connectivity index (χ1) is 9.50. The van der Waals surface area contributed by atoms with Crippen LogP contribution in [0.15, 0.2) is 0 Å². The standard InChI is InChI=1S/C6HClF12O3S/c7-5(16,23(20,21)22)3(12,13)1(8,9)2(10,11)4(14,15)6(17,18)19/h(H,20,21,22). The van der Waals surface area contributed by atoms with Gasteiger partial charge in [-0.1, -0.05) is 11.6 Å². The van der Waals surface area contributed by atoms with E-state index in [9.17, 15) is 61.1 Å².